The van der Waals surface area contributed by atoms with E-state index in [9.17, 15) is 10.1 Å². The van der Waals surface area contributed by atoms with E-state index in [0.717, 1.165) is 21.7 Å². The first-order valence-electron chi connectivity index (χ1n) is 8.58. The van der Waals surface area contributed by atoms with Crippen molar-refractivity contribution in [3.63, 3.8) is 0 Å². The molecule has 3 aromatic carbocycles. The van der Waals surface area contributed by atoms with Gasteiger partial charge in [-0.15, -0.1) is 16.4 Å². The number of thiazole rings is 1. The van der Waals surface area contributed by atoms with Gasteiger partial charge >= 0.3 is 0 Å². The number of nitro groups is 1. The molecule has 4 rings (SSSR count). The first-order valence-corrected chi connectivity index (χ1v) is 9.46. The molecule has 6 nitrogen and oxygen atoms in total. The van der Waals surface area contributed by atoms with E-state index in [0.29, 0.717) is 5.69 Å². The second-order valence-electron chi connectivity index (χ2n) is 5.97. The molecule has 1 aromatic heterocycles. The summed E-state index contributed by atoms with van der Waals surface area (Å²) in [4.78, 5) is 11.1. The molecule has 4 aromatic rings. The van der Waals surface area contributed by atoms with Crippen molar-refractivity contribution in [3.05, 3.63) is 105 Å². The van der Waals surface area contributed by atoms with Gasteiger partial charge in [-0.1, -0.05) is 48.5 Å². The maximum absolute atomic E-state index is 10.8. The fourth-order valence-corrected chi connectivity index (χ4v) is 3.66. The lowest BCUT2D eigenvalue weighted by atomic mass is 10.1. The number of rotatable bonds is 5. The average Bonchev–Trinajstić information content (AvgIpc) is 3.18. The molecule has 0 radical (unpaired) electrons. The number of aromatic nitrogens is 1. The van der Waals surface area contributed by atoms with E-state index in [2.05, 4.69) is 32.6 Å². The molecule has 0 atom stereocenters. The third-order valence-electron chi connectivity index (χ3n) is 4.15. The third kappa shape index (κ3) is 3.70. The molecule has 0 bridgehead atoms. The summed E-state index contributed by atoms with van der Waals surface area (Å²) < 4.78 is 2.08. The van der Waals surface area contributed by atoms with Crippen LogP contribution in [0.2, 0.25) is 0 Å². The van der Waals surface area contributed by atoms with E-state index in [4.69, 9.17) is 0 Å². The number of nitrogens with one attached hydrogen (secondary N) is 1. The Morgan fingerprint density at radius 1 is 0.893 bits per heavy atom. The molecule has 1 N–H and O–H groups in total. The van der Waals surface area contributed by atoms with Crippen molar-refractivity contribution < 1.29 is 4.92 Å². The standard InChI is InChI=1S/C21H16N4O2S/c26-25(27)19-13-11-17(12-14-19)22-23-21-24(18-9-5-2-6-10-18)20(15-28-21)16-7-3-1-4-8-16/h1-15,22H/b23-21+. The topological polar surface area (TPSA) is 72.5 Å². The van der Waals surface area contributed by atoms with E-state index >= 15 is 0 Å². The molecule has 0 amide bonds. The number of para-hydroxylation sites is 1. The second-order valence-corrected chi connectivity index (χ2v) is 6.80. The number of hydrogen-bond acceptors (Lipinski definition) is 5. The normalized spacial score (nSPS) is 11.4. The van der Waals surface area contributed by atoms with Gasteiger partial charge in [0.2, 0.25) is 4.80 Å². The summed E-state index contributed by atoms with van der Waals surface area (Å²) in [5.74, 6) is 0. The minimum absolute atomic E-state index is 0.0485. The Morgan fingerprint density at radius 2 is 1.54 bits per heavy atom. The molecular weight excluding hydrogens is 372 g/mol. The Balaban J connectivity index is 1.75. The van der Waals surface area contributed by atoms with Gasteiger partial charge in [0, 0.05) is 23.2 Å². The average molecular weight is 388 g/mol. The van der Waals surface area contributed by atoms with Crippen LogP contribution in [0.3, 0.4) is 0 Å². The third-order valence-corrected chi connectivity index (χ3v) is 4.98. The molecule has 1 heterocycles. The number of hydrogen-bond donors (Lipinski definition) is 1. The van der Waals surface area contributed by atoms with E-state index in [1.807, 2.05) is 48.5 Å². The fraction of sp³-hybridized carbons (Fsp3) is 0. The van der Waals surface area contributed by atoms with Gasteiger partial charge in [-0.25, -0.2) is 0 Å². The summed E-state index contributed by atoms with van der Waals surface area (Å²) in [6.45, 7) is 0. The number of anilines is 1. The number of non-ortho nitro benzene ring substituents is 1. The van der Waals surface area contributed by atoms with Gasteiger partial charge in [-0.3, -0.25) is 20.1 Å². The summed E-state index contributed by atoms with van der Waals surface area (Å²) in [5, 5.41) is 17.4. The first kappa shape index (κ1) is 17.7. The highest BCUT2D eigenvalue weighted by Crippen LogP contribution is 2.23. The van der Waals surface area contributed by atoms with Gasteiger partial charge in [0.05, 0.1) is 16.3 Å². The summed E-state index contributed by atoms with van der Waals surface area (Å²) in [6.07, 6.45) is 0. The summed E-state index contributed by atoms with van der Waals surface area (Å²) in [6, 6.07) is 26.3. The molecule has 0 aliphatic heterocycles. The van der Waals surface area contributed by atoms with Crippen molar-refractivity contribution in [1.29, 1.82) is 0 Å². The van der Waals surface area contributed by atoms with Crippen LogP contribution < -0.4 is 10.2 Å². The van der Waals surface area contributed by atoms with Crippen LogP contribution in [-0.4, -0.2) is 9.49 Å². The van der Waals surface area contributed by atoms with Crippen molar-refractivity contribution in [2.24, 2.45) is 5.10 Å². The SMILES string of the molecule is O=[N+]([O-])c1ccc(N/N=c2/scc(-c3ccccc3)n2-c2ccccc2)cc1. The summed E-state index contributed by atoms with van der Waals surface area (Å²) >= 11 is 1.52. The highest BCUT2D eigenvalue weighted by molar-refractivity contribution is 7.07. The van der Waals surface area contributed by atoms with Gasteiger partial charge in [0.15, 0.2) is 0 Å². The summed E-state index contributed by atoms with van der Waals surface area (Å²) in [5.41, 5.74) is 6.87. The van der Waals surface area contributed by atoms with Crippen molar-refractivity contribution >= 4 is 22.7 Å². The van der Waals surface area contributed by atoms with E-state index < -0.39 is 4.92 Å². The van der Waals surface area contributed by atoms with Crippen molar-refractivity contribution in [2.75, 3.05) is 5.43 Å². The monoisotopic (exact) mass is 388 g/mol. The van der Waals surface area contributed by atoms with Crippen LogP contribution in [-0.2, 0) is 0 Å². The Bertz CT molecular complexity index is 1150. The highest BCUT2D eigenvalue weighted by Gasteiger charge is 2.10. The van der Waals surface area contributed by atoms with Gasteiger partial charge in [0.1, 0.15) is 0 Å². The predicted molar refractivity (Wildman–Crippen MR) is 111 cm³/mol. The van der Waals surface area contributed by atoms with Crippen LogP contribution in [0.1, 0.15) is 0 Å². The summed E-state index contributed by atoms with van der Waals surface area (Å²) in [7, 11) is 0. The minimum atomic E-state index is -0.421. The van der Waals surface area contributed by atoms with Gasteiger partial charge < -0.3 is 0 Å². The zero-order valence-corrected chi connectivity index (χ0v) is 15.5. The van der Waals surface area contributed by atoms with Crippen molar-refractivity contribution in [3.8, 4) is 16.9 Å². The maximum Gasteiger partial charge on any atom is 0.269 e. The van der Waals surface area contributed by atoms with Crippen LogP contribution in [0.4, 0.5) is 11.4 Å². The largest absolute Gasteiger partial charge is 0.284 e. The Hall–Kier alpha value is -3.71. The van der Waals surface area contributed by atoms with Crippen molar-refractivity contribution in [2.45, 2.75) is 0 Å². The van der Waals surface area contributed by atoms with E-state index in [1.54, 1.807) is 12.1 Å². The molecule has 0 saturated carbocycles. The Kier molecular flexibility index (Phi) is 4.99. The van der Waals surface area contributed by atoms with Gasteiger partial charge in [-0.2, -0.15) is 0 Å². The Labute approximate surface area is 165 Å². The highest BCUT2D eigenvalue weighted by atomic mass is 32.1. The second kappa shape index (κ2) is 7.89. The zero-order valence-electron chi connectivity index (χ0n) is 14.7. The molecule has 0 fully saturated rings. The van der Waals surface area contributed by atoms with Crippen molar-refractivity contribution in [1.82, 2.24) is 4.57 Å². The molecule has 0 spiro atoms. The molecule has 28 heavy (non-hydrogen) atoms. The Morgan fingerprint density at radius 3 is 2.18 bits per heavy atom. The molecule has 0 aliphatic carbocycles. The molecule has 0 saturated heterocycles. The number of nitro benzene ring substituents is 1. The van der Waals surface area contributed by atoms with Crippen LogP contribution in [0.5, 0.6) is 0 Å². The maximum atomic E-state index is 10.8. The molecule has 7 heteroatoms. The van der Waals surface area contributed by atoms with Crippen LogP contribution >= 0.6 is 11.3 Å². The van der Waals surface area contributed by atoms with E-state index in [-0.39, 0.29) is 5.69 Å². The minimum Gasteiger partial charge on any atom is -0.284 e. The number of benzene rings is 3. The quantitative estimate of drug-likeness (QED) is 0.384. The number of nitrogens with zero attached hydrogens (tertiary/aromatic N) is 3. The lowest BCUT2D eigenvalue weighted by Crippen LogP contribution is -2.15. The lowest BCUT2D eigenvalue weighted by Gasteiger charge is -2.09. The van der Waals surface area contributed by atoms with Gasteiger partial charge in [0.25, 0.3) is 5.69 Å². The van der Waals surface area contributed by atoms with Crippen LogP contribution in [0.25, 0.3) is 16.9 Å². The first-order chi connectivity index (χ1) is 13.7. The molecule has 138 valence electrons. The zero-order chi connectivity index (χ0) is 19.3. The van der Waals surface area contributed by atoms with Crippen LogP contribution in [0.15, 0.2) is 95.4 Å². The lowest BCUT2D eigenvalue weighted by molar-refractivity contribution is -0.384. The van der Waals surface area contributed by atoms with Crippen LogP contribution in [0, 0.1) is 10.1 Å². The van der Waals surface area contributed by atoms with Gasteiger partial charge in [-0.05, 0) is 29.8 Å². The molecular formula is C21H16N4O2S. The predicted octanol–water partition coefficient (Wildman–Crippen LogP) is 5.04. The van der Waals surface area contributed by atoms with E-state index in [1.165, 1.54) is 23.5 Å². The fourth-order valence-electron chi connectivity index (χ4n) is 2.80. The molecule has 0 aliphatic rings. The molecule has 0 unspecified atom stereocenters. The smallest absolute Gasteiger partial charge is 0.269 e.